The molecule has 0 radical (unpaired) electrons. The predicted molar refractivity (Wildman–Crippen MR) is 92.8 cm³/mol. The van der Waals surface area contributed by atoms with Gasteiger partial charge < -0.3 is 10.0 Å². The number of aromatic carboxylic acids is 1. The number of carboxylic acids is 1. The van der Waals surface area contributed by atoms with Crippen molar-refractivity contribution in [1.82, 2.24) is 0 Å². The van der Waals surface area contributed by atoms with Crippen LogP contribution in [0.1, 0.15) is 24.2 Å². The summed E-state index contributed by atoms with van der Waals surface area (Å²) < 4.78 is 0. The highest BCUT2D eigenvalue weighted by Gasteiger charge is 2.25. The van der Waals surface area contributed by atoms with Crippen LogP contribution in [0.15, 0.2) is 18.2 Å². The normalized spacial score (nSPS) is 17.9. The lowest BCUT2D eigenvalue weighted by Crippen LogP contribution is -2.38. The third-order valence-electron chi connectivity index (χ3n) is 3.59. The maximum Gasteiger partial charge on any atom is 0.337 e. The van der Waals surface area contributed by atoms with Crippen molar-refractivity contribution in [2.75, 3.05) is 42.0 Å². The fourth-order valence-electron chi connectivity index (χ4n) is 2.25. The molecule has 0 aliphatic carbocycles. The van der Waals surface area contributed by atoms with Crippen molar-refractivity contribution in [3.63, 3.8) is 0 Å². The van der Waals surface area contributed by atoms with Crippen LogP contribution in [0, 0.1) is 10.1 Å². The molecule has 0 amide bonds. The molecule has 0 aromatic heterocycles. The zero-order valence-corrected chi connectivity index (χ0v) is 14.4. The highest BCUT2D eigenvalue weighted by Crippen LogP contribution is 2.43. The van der Waals surface area contributed by atoms with Crippen LogP contribution in [-0.4, -0.2) is 53.1 Å². The second-order valence-electron chi connectivity index (χ2n) is 5.43. The van der Waals surface area contributed by atoms with Crippen LogP contribution in [0.5, 0.6) is 0 Å². The van der Waals surface area contributed by atoms with Crippen molar-refractivity contribution in [3.8, 4) is 0 Å². The Morgan fingerprint density at radius 3 is 2.27 bits per heavy atom. The Bertz CT molecular complexity index is 550. The van der Waals surface area contributed by atoms with Crippen LogP contribution in [-0.2, 0) is 0 Å². The molecule has 124 valence electrons. The minimum atomic E-state index is -1.05. The van der Waals surface area contributed by atoms with E-state index in [0.29, 0.717) is 5.69 Å². The molecule has 1 N–H and O–H groups in total. The molecule has 22 heavy (non-hydrogen) atoms. The minimum absolute atomic E-state index is 0.0674. The molecule has 2 rings (SSSR count). The van der Waals surface area contributed by atoms with Gasteiger partial charge in [0.2, 0.25) is 0 Å². The number of rotatable bonds is 3. The smallest absolute Gasteiger partial charge is 0.337 e. The quantitative estimate of drug-likeness (QED) is 0.680. The molecule has 1 aromatic carbocycles. The first-order chi connectivity index (χ1) is 10.3. The van der Waals surface area contributed by atoms with E-state index in [9.17, 15) is 20.0 Å². The fourth-order valence-corrected chi connectivity index (χ4v) is 3.88. The number of hydrogen-bond acceptors (Lipinski definition) is 4. The summed E-state index contributed by atoms with van der Waals surface area (Å²) in [6.07, 6.45) is 4.52. The Morgan fingerprint density at radius 1 is 1.27 bits per heavy atom. The van der Waals surface area contributed by atoms with Gasteiger partial charge in [0, 0.05) is 25.2 Å². The van der Waals surface area contributed by atoms with E-state index >= 15 is 0 Å². The van der Waals surface area contributed by atoms with Gasteiger partial charge in [0.15, 0.2) is 0 Å². The van der Waals surface area contributed by atoms with Crippen LogP contribution in [0.25, 0.3) is 0 Å². The number of carbonyl (C=O) groups is 1. The number of benzene rings is 1. The number of nitrogens with zero attached hydrogens (tertiary/aromatic N) is 2. The van der Waals surface area contributed by atoms with Crippen molar-refractivity contribution >= 4 is 27.4 Å². The number of nitro benzene ring substituents is 1. The minimum Gasteiger partial charge on any atom is -0.478 e. The highest BCUT2D eigenvalue weighted by atomic mass is 32.3. The Kier molecular flexibility index (Phi) is 6.22. The first-order valence-corrected chi connectivity index (χ1v) is 10.0. The molecule has 1 heterocycles. The van der Waals surface area contributed by atoms with E-state index in [2.05, 4.69) is 12.5 Å². The molecule has 1 aromatic rings. The van der Waals surface area contributed by atoms with E-state index in [4.69, 9.17) is 0 Å². The van der Waals surface area contributed by atoms with Crippen molar-refractivity contribution < 1.29 is 14.8 Å². The summed E-state index contributed by atoms with van der Waals surface area (Å²) >= 11 is 0. The maximum absolute atomic E-state index is 11.3. The van der Waals surface area contributed by atoms with E-state index in [0.717, 1.165) is 24.6 Å². The fraction of sp³-hybridized carbons (Fsp3) is 0.533. The number of nitro groups is 1. The zero-order chi connectivity index (χ0) is 16.9. The summed E-state index contributed by atoms with van der Waals surface area (Å²) in [6, 6.07) is 3.94. The van der Waals surface area contributed by atoms with E-state index in [-0.39, 0.29) is 11.3 Å². The lowest BCUT2D eigenvalue weighted by atomic mass is 10.1. The summed E-state index contributed by atoms with van der Waals surface area (Å²) in [5, 5.41) is 20.1. The van der Waals surface area contributed by atoms with E-state index in [1.165, 1.54) is 18.2 Å². The molecule has 1 aliphatic rings. The zero-order valence-electron chi connectivity index (χ0n) is 13.5. The number of hydrogen-bond donors (Lipinski definition) is 1. The molecule has 6 nitrogen and oxygen atoms in total. The maximum atomic E-state index is 11.3. The van der Waals surface area contributed by atoms with Crippen LogP contribution < -0.4 is 4.90 Å². The Balaban J connectivity index is 0.00000116. The standard InChI is InChI=1S/C13H18N2O4S.C2H6/c1-20(2)7-5-14(6-8-20)12-9-10(15(18)19)3-4-11(12)13(16)17;1-2/h3-4,9H,5-8H2,1-2H3,(H,16,17);1-2H3. The molecule has 0 spiro atoms. The Hall–Kier alpha value is -1.76. The largest absolute Gasteiger partial charge is 0.478 e. The lowest BCUT2D eigenvalue weighted by Gasteiger charge is -2.42. The van der Waals surface area contributed by atoms with Gasteiger partial charge in [-0.3, -0.25) is 10.1 Å². The second kappa shape index (κ2) is 7.49. The van der Waals surface area contributed by atoms with E-state index in [1.807, 2.05) is 18.7 Å². The summed E-state index contributed by atoms with van der Waals surface area (Å²) in [5.74, 6) is 0.996. The Morgan fingerprint density at radius 2 is 1.82 bits per heavy atom. The summed E-state index contributed by atoms with van der Waals surface area (Å²) in [5.41, 5.74) is 0.522. The van der Waals surface area contributed by atoms with Crippen LogP contribution >= 0.6 is 10.0 Å². The highest BCUT2D eigenvalue weighted by molar-refractivity contribution is 8.32. The van der Waals surface area contributed by atoms with Crippen LogP contribution in [0.4, 0.5) is 11.4 Å². The van der Waals surface area contributed by atoms with E-state index < -0.39 is 20.9 Å². The average molecular weight is 328 g/mol. The van der Waals surface area contributed by atoms with Crippen LogP contribution in [0.3, 0.4) is 0 Å². The number of non-ortho nitro benzene ring substituents is 1. The lowest BCUT2D eigenvalue weighted by molar-refractivity contribution is -0.384. The molecule has 1 saturated heterocycles. The van der Waals surface area contributed by atoms with Gasteiger partial charge in [0.1, 0.15) is 0 Å². The van der Waals surface area contributed by atoms with Gasteiger partial charge in [0.05, 0.1) is 16.2 Å². The van der Waals surface area contributed by atoms with Crippen molar-refractivity contribution in [2.24, 2.45) is 0 Å². The van der Waals surface area contributed by atoms with Crippen molar-refractivity contribution in [2.45, 2.75) is 13.8 Å². The van der Waals surface area contributed by atoms with Crippen molar-refractivity contribution in [1.29, 1.82) is 0 Å². The number of carboxylic acid groups (broad SMARTS) is 1. The van der Waals surface area contributed by atoms with Gasteiger partial charge >= 0.3 is 5.97 Å². The van der Waals surface area contributed by atoms with Gasteiger partial charge in [-0.2, -0.15) is 0 Å². The molecule has 1 fully saturated rings. The molecule has 1 aliphatic heterocycles. The third kappa shape index (κ3) is 4.37. The monoisotopic (exact) mass is 328 g/mol. The molecule has 0 bridgehead atoms. The topological polar surface area (TPSA) is 83.7 Å². The van der Waals surface area contributed by atoms with Gasteiger partial charge in [-0.15, -0.1) is 0 Å². The van der Waals surface area contributed by atoms with Gasteiger partial charge in [-0.05, 0) is 30.1 Å². The predicted octanol–water partition coefficient (Wildman–Crippen LogP) is 3.20. The third-order valence-corrected chi connectivity index (χ3v) is 6.17. The van der Waals surface area contributed by atoms with Crippen molar-refractivity contribution in [3.05, 3.63) is 33.9 Å². The summed E-state index contributed by atoms with van der Waals surface area (Å²) in [6.45, 7) is 5.51. The summed E-state index contributed by atoms with van der Waals surface area (Å²) in [4.78, 5) is 23.6. The molecule has 0 unspecified atom stereocenters. The van der Waals surface area contributed by atoms with Crippen LogP contribution in [0.2, 0.25) is 0 Å². The molecule has 0 saturated carbocycles. The van der Waals surface area contributed by atoms with Gasteiger partial charge in [-0.1, -0.05) is 13.8 Å². The molecule has 7 heteroatoms. The Labute approximate surface area is 132 Å². The second-order valence-corrected chi connectivity index (χ2v) is 9.78. The first-order valence-electron chi connectivity index (χ1n) is 7.25. The number of anilines is 1. The summed E-state index contributed by atoms with van der Waals surface area (Å²) in [7, 11) is -0.606. The van der Waals surface area contributed by atoms with E-state index in [1.54, 1.807) is 0 Å². The first kappa shape index (κ1) is 18.3. The molecular weight excluding hydrogens is 304 g/mol. The van der Waals surface area contributed by atoms with Gasteiger partial charge in [-0.25, -0.2) is 14.8 Å². The SMILES string of the molecule is CC.CS1(C)CCN(c2cc([N+](=O)[O-])ccc2C(=O)O)CC1. The van der Waals surface area contributed by atoms with Gasteiger partial charge in [0.25, 0.3) is 5.69 Å². The molecular formula is C15H24N2O4S. The average Bonchev–Trinajstić information content (AvgIpc) is 2.48. The molecule has 0 atom stereocenters.